The number of carbonyl (C=O) groups excluding carboxylic acids is 1. The maximum Gasteiger partial charge on any atom is 0.323 e. The van der Waals surface area contributed by atoms with Crippen LogP contribution in [0.25, 0.3) is 0 Å². The van der Waals surface area contributed by atoms with Gasteiger partial charge in [-0.25, -0.2) is 0 Å². The smallest absolute Gasteiger partial charge is 0.323 e. The summed E-state index contributed by atoms with van der Waals surface area (Å²) in [5, 5.41) is 4.15. The van der Waals surface area contributed by atoms with Crippen LogP contribution in [0.5, 0.6) is 0 Å². The molecule has 0 aromatic carbocycles. The molecule has 0 saturated carbocycles. The van der Waals surface area contributed by atoms with Gasteiger partial charge in [0.2, 0.25) is 0 Å². The second-order valence-electron chi connectivity index (χ2n) is 3.32. The molecule has 1 rings (SSSR count). The first-order valence-corrected chi connectivity index (χ1v) is 6.01. The molecule has 0 spiro atoms. The highest BCUT2D eigenvalue weighted by molar-refractivity contribution is 9.10. The molecule has 6 heteroatoms. The van der Waals surface area contributed by atoms with E-state index in [4.69, 9.17) is 10.5 Å². The van der Waals surface area contributed by atoms with Crippen LogP contribution < -0.4 is 5.73 Å². The summed E-state index contributed by atoms with van der Waals surface area (Å²) in [5.41, 5.74) is 6.67. The van der Waals surface area contributed by atoms with E-state index < -0.39 is 6.04 Å². The first-order chi connectivity index (χ1) is 7.60. The number of nitrogens with zero attached hydrogens (tertiary/aromatic N) is 2. The average Bonchev–Trinajstić information content (AvgIpc) is 2.60. The fourth-order valence-corrected chi connectivity index (χ4v) is 1.86. The molecule has 0 saturated heterocycles. The lowest BCUT2D eigenvalue weighted by Crippen LogP contribution is -2.35. The number of ether oxygens (including phenoxy) is 1. The third-order valence-corrected chi connectivity index (χ3v) is 2.86. The van der Waals surface area contributed by atoms with Crippen molar-refractivity contribution in [3.63, 3.8) is 0 Å². The standard InChI is InChI=1S/C10H16BrN3O2/c1-3-14-9(7(11)6-13-14)5-8(12)10(15)16-4-2/h6,8H,3-5,12H2,1-2H3. The first kappa shape index (κ1) is 13.2. The lowest BCUT2D eigenvalue weighted by atomic mass is 10.1. The molecule has 1 aromatic heterocycles. The summed E-state index contributed by atoms with van der Waals surface area (Å²) < 4.78 is 7.54. The van der Waals surface area contributed by atoms with Crippen LogP contribution in [-0.4, -0.2) is 28.4 Å². The molecule has 1 unspecified atom stereocenters. The van der Waals surface area contributed by atoms with Crippen LogP contribution in [0.1, 0.15) is 19.5 Å². The zero-order chi connectivity index (χ0) is 12.1. The molecule has 0 amide bonds. The number of nitrogens with two attached hydrogens (primary N) is 1. The molecule has 0 aliphatic carbocycles. The van der Waals surface area contributed by atoms with Gasteiger partial charge in [0.05, 0.1) is 23.0 Å². The van der Waals surface area contributed by atoms with Crippen molar-refractivity contribution in [2.75, 3.05) is 6.61 Å². The van der Waals surface area contributed by atoms with E-state index >= 15 is 0 Å². The fraction of sp³-hybridized carbons (Fsp3) is 0.600. The van der Waals surface area contributed by atoms with E-state index in [1.54, 1.807) is 13.1 Å². The van der Waals surface area contributed by atoms with Crippen molar-refractivity contribution < 1.29 is 9.53 Å². The number of halogens is 1. The molecule has 2 N–H and O–H groups in total. The summed E-state index contributed by atoms with van der Waals surface area (Å²) in [6.07, 6.45) is 2.13. The molecule has 0 bridgehead atoms. The van der Waals surface area contributed by atoms with Gasteiger partial charge in [-0.3, -0.25) is 9.48 Å². The Labute approximate surface area is 103 Å². The van der Waals surface area contributed by atoms with Crippen LogP contribution in [-0.2, 0) is 22.5 Å². The second-order valence-corrected chi connectivity index (χ2v) is 4.17. The SMILES string of the molecule is CCOC(=O)C(N)Cc1c(Br)cnn1CC. The Morgan fingerprint density at radius 2 is 2.38 bits per heavy atom. The van der Waals surface area contributed by atoms with E-state index in [1.807, 2.05) is 11.6 Å². The molecule has 0 fully saturated rings. The van der Waals surface area contributed by atoms with E-state index in [2.05, 4.69) is 21.0 Å². The Kier molecular flexibility index (Phi) is 4.95. The van der Waals surface area contributed by atoms with E-state index in [1.165, 1.54) is 0 Å². The summed E-state index contributed by atoms with van der Waals surface area (Å²) in [6.45, 7) is 4.84. The Bertz CT molecular complexity index is 365. The average molecular weight is 290 g/mol. The van der Waals surface area contributed by atoms with E-state index in [0.29, 0.717) is 13.0 Å². The molecule has 90 valence electrons. The topological polar surface area (TPSA) is 70.1 Å². The maximum absolute atomic E-state index is 11.4. The number of aryl methyl sites for hydroxylation is 1. The lowest BCUT2D eigenvalue weighted by molar-refractivity contribution is -0.144. The Balaban J connectivity index is 2.72. The number of aromatic nitrogens is 2. The van der Waals surface area contributed by atoms with Crippen LogP contribution >= 0.6 is 15.9 Å². The third-order valence-electron chi connectivity index (χ3n) is 2.20. The minimum Gasteiger partial charge on any atom is -0.465 e. The lowest BCUT2D eigenvalue weighted by Gasteiger charge is -2.11. The van der Waals surface area contributed by atoms with Gasteiger partial charge in [0, 0.05) is 13.0 Å². The summed E-state index contributed by atoms with van der Waals surface area (Å²) in [7, 11) is 0. The normalized spacial score (nSPS) is 12.5. The second kappa shape index (κ2) is 6.00. The molecule has 5 nitrogen and oxygen atoms in total. The quantitative estimate of drug-likeness (QED) is 0.824. The van der Waals surface area contributed by atoms with Gasteiger partial charge in [0.1, 0.15) is 6.04 Å². The van der Waals surface area contributed by atoms with E-state index in [0.717, 1.165) is 16.7 Å². The van der Waals surface area contributed by atoms with Crippen LogP contribution in [0, 0.1) is 0 Å². The van der Waals surface area contributed by atoms with Gasteiger partial charge in [-0.15, -0.1) is 0 Å². The van der Waals surface area contributed by atoms with Gasteiger partial charge in [0.15, 0.2) is 0 Å². The Morgan fingerprint density at radius 3 is 2.94 bits per heavy atom. The van der Waals surface area contributed by atoms with Crippen molar-refractivity contribution in [3.8, 4) is 0 Å². The van der Waals surface area contributed by atoms with Crippen molar-refractivity contribution in [3.05, 3.63) is 16.4 Å². The zero-order valence-electron chi connectivity index (χ0n) is 9.44. The minimum absolute atomic E-state index is 0.348. The van der Waals surface area contributed by atoms with Gasteiger partial charge in [-0.05, 0) is 29.8 Å². The number of rotatable bonds is 5. The number of carbonyl (C=O) groups is 1. The van der Waals surface area contributed by atoms with E-state index in [-0.39, 0.29) is 5.97 Å². The van der Waals surface area contributed by atoms with Crippen LogP contribution in [0.4, 0.5) is 0 Å². The molecule has 0 aliphatic rings. The molecular weight excluding hydrogens is 274 g/mol. The molecule has 16 heavy (non-hydrogen) atoms. The third kappa shape index (κ3) is 3.05. The minimum atomic E-state index is -0.641. The molecule has 0 radical (unpaired) electrons. The van der Waals surface area contributed by atoms with Crippen molar-refractivity contribution in [1.29, 1.82) is 0 Å². The van der Waals surface area contributed by atoms with Crippen molar-refractivity contribution in [2.45, 2.75) is 32.9 Å². The van der Waals surface area contributed by atoms with Gasteiger partial charge in [-0.1, -0.05) is 0 Å². The highest BCUT2D eigenvalue weighted by Gasteiger charge is 2.19. The maximum atomic E-state index is 11.4. The predicted molar refractivity (Wildman–Crippen MR) is 63.9 cm³/mol. The number of hydrogen-bond acceptors (Lipinski definition) is 4. The molecule has 1 aromatic rings. The highest BCUT2D eigenvalue weighted by atomic mass is 79.9. The summed E-state index contributed by atoms with van der Waals surface area (Å²) in [4.78, 5) is 11.4. The van der Waals surface area contributed by atoms with Crippen LogP contribution in [0.15, 0.2) is 10.7 Å². The van der Waals surface area contributed by atoms with Crippen LogP contribution in [0.3, 0.4) is 0 Å². The highest BCUT2D eigenvalue weighted by Crippen LogP contribution is 2.17. The molecule has 1 atom stereocenters. The van der Waals surface area contributed by atoms with Crippen molar-refractivity contribution in [2.24, 2.45) is 5.73 Å². The fourth-order valence-electron chi connectivity index (χ4n) is 1.40. The van der Waals surface area contributed by atoms with Crippen molar-refractivity contribution >= 4 is 21.9 Å². The van der Waals surface area contributed by atoms with Gasteiger partial charge in [0.25, 0.3) is 0 Å². The molecular formula is C10H16BrN3O2. The zero-order valence-corrected chi connectivity index (χ0v) is 11.0. The Morgan fingerprint density at radius 1 is 1.69 bits per heavy atom. The largest absolute Gasteiger partial charge is 0.465 e. The number of esters is 1. The predicted octanol–water partition coefficient (Wildman–Crippen LogP) is 1.10. The van der Waals surface area contributed by atoms with Gasteiger partial charge < -0.3 is 10.5 Å². The summed E-state index contributed by atoms with van der Waals surface area (Å²) >= 11 is 3.38. The van der Waals surface area contributed by atoms with Gasteiger partial charge >= 0.3 is 5.97 Å². The van der Waals surface area contributed by atoms with E-state index in [9.17, 15) is 4.79 Å². The van der Waals surface area contributed by atoms with Gasteiger partial charge in [-0.2, -0.15) is 5.10 Å². The molecule has 1 heterocycles. The van der Waals surface area contributed by atoms with Crippen LogP contribution in [0.2, 0.25) is 0 Å². The summed E-state index contributed by atoms with van der Waals surface area (Å²) in [5.74, 6) is -0.377. The number of hydrogen-bond donors (Lipinski definition) is 1. The first-order valence-electron chi connectivity index (χ1n) is 5.22. The Hall–Kier alpha value is -0.880. The monoisotopic (exact) mass is 289 g/mol. The molecule has 0 aliphatic heterocycles. The van der Waals surface area contributed by atoms with Crippen molar-refractivity contribution in [1.82, 2.24) is 9.78 Å². The summed E-state index contributed by atoms with van der Waals surface area (Å²) in [6, 6.07) is -0.641.